The molecule has 5 nitrogen and oxygen atoms in total. The lowest BCUT2D eigenvalue weighted by atomic mass is 10.1. The van der Waals surface area contributed by atoms with Crippen LogP contribution in [0.3, 0.4) is 0 Å². The summed E-state index contributed by atoms with van der Waals surface area (Å²) in [4.78, 5) is 20.1. The zero-order valence-electron chi connectivity index (χ0n) is 11.4. The van der Waals surface area contributed by atoms with Crippen LogP contribution >= 0.6 is 0 Å². The number of nitrogens with one attached hydrogen (secondary N) is 1. The van der Waals surface area contributed by atoms with E-state index in [9.17, 15) is 4.79 Å². The van der Waals surface area contributed by atoms with Crippen molar-refractivity contribution < 1.29 is 4.79 Å². The van der Waals surface area contributed by atoms with Crippen LogP contribution in [-0.4, -0.2) is 20.4 Å². The summed E-state index contributed by atoms with van der Waals surface area (Å²) in [7, 11) is 0. The van der Waals surface area contributed by atoms with Gasteiger partial charge in [0.2, 0.25) is 5.91 Å². The minimum atomic E-state index is 0.0170. The van der Waals surface area contributed by atoms with Crippen molar-refractivity contribution in [2.45, 2.75) is 27.2 Å². The number of rotatable bonds is 4. The molecule has 100 valence electrons. The maximum absolute atomic E-state index is 11.6. The summed E-state index contributed by atoms with van der Waals surface area (Å²) in [5, 5.41) is 2.83. The fourth-order valence-corrected chi connectivity index (χ4v) is 1.81. The Hall–Kier alpha value is -2.17. The van der Waals surface area contributed by atoms with Crippen molar-refractivity contribution in [2.75, 3.05) is 5.32 Å². The van der Waals surface area contributed by atoms with Gasteiger partial charge in [0, 0.05) is 18.8 Å². The second-order valence-corrected chi connectivity index (χ2v) is 4.90. The molecule has 0 bridgehead atoms. The van der Waals surface area contributed by atoms with Gasteiger partial charge in [-0.15, -0.1) is 0 Å². The average Bonchev–Trinajstić information content (AvgIpc) is 2.75. The molecule has 19 heavy (non-hydrogen) atoms. The lowest BCUT2D eigenvalue weighted by Crippen LogP contribution is -2.14. The highest BCUT2D eigenvalue weighted by Crippen LogP contribution is 2.12. The van der Waals surface area contributed by atoms with Crippen LogP contribution in [0.25, 0.3) is 5.82 Å². The Labute approximate surface area is 112 Å². The van der Waals surface area contributed by atoms with E-state index in [-0.39, 0.29) is 5.91 Å². The number of nitrogens with zero attached hydrogens (tertiary/aromatic N) is 3. The third-order valence-electron chi connectivity index (χ3n) is 2.70. The highest BCUT2D eigenvalue weighted by Gasteiger charge is 2.06. The molecule has 0 unspecified atom stereocenters. The first-order chi connectivity index (χ1) is 9.06. The molecule has 0 atom stereocenters. The van der Waals surface area contributed by atoms with E-state index in [1.165, 1.54) is 0 Å². The van der Waals surface area contributed by atoms with Crippen LogP contribution < -0.4 is 5.32 Å². The van der Waals surface area contributed by atoms with Crippen molar-refractivity contribution in [1.82, 2.24) is 14.5 Å². The molecule has 0 fully saturated rings. The lowest BCUT2D eigenvalue weighted by Gasteiger charge is -2.08. The predicted octanol–water partition coefficient (Wildman–Crippen LogP) is 2.56. The molecule has 2 aromatic rings. The van der Waals surface area contributed by atoms with E-state index < -0.39 is 0 Å². The van der Waals surface area contributed by atoms with Gasteiger partial charge < -0.3 is 5.32 Å². The Kier molecular flexibility index (Phi) is 3.94. The zero-order chi connectivity index (χ0) is 13.8. The largest absolute Gasteiger partial charge is 0.325 e. The summed E-state index contributed by atoms with van der Waals surface area (Å²) in [6.45, 7) is 5.95. The number of carbonyl (C=O) groups excluding carboxylic acids is 1. The summed E-state index contributed by atoms with van der Waals surface area (Å²) in [5.74, 6) is 2.03. The van der Waals surface area contributed by atoms with E-state index in [0.717, 1.165) is 11.6 Å². The number of hydrogen-bond acceptors (Lipinski definition) is 3. The number of hydrogen-bond donors (Lipinski definition) is 1. The molecule has 1 N–H and O–H groups in total. The van der Waals surface area contributed by atoms with Gasteiger partial charge in [0.15, 0.2) is 0 Å². The van der Waals surface area contributed by atoms with Crippen LogP contribution in [0.1, 0.15) is 26.1 Å². The molecule has 1 amide bonds. The van der Waals surface area contributed by atoms with Crippen LogP contribution in [0.5, 0.6) is 0 Å². The first kappa shape index (κ1) is 13.3. The fourth-order valence-electron chi connectivity index (χ4n) is 1.81. The van der Waals surface area contributed by atoms with Crippen LogP contribution in [0.15, 0.2) is 30.7 Å². The average molecular weight is 258 g/mol. The molecule has 0 aromatic carbocycles. The number of carbonyl (C=O) groups is 1. The van der Waals surface area contributed by atoms with Gasteiger partial charge in [-0.2, -0.15) is 0 Å². The SMILES string of the molecule is Cc1nccn1-c1ccc(NC(=O)CC(C)C)cn1. The molecular weight excluding hydrogens is 240 g/mol. The molecule has 0 radical (unpaired) electrons. The number of pyridine rings is 1. The molecule has 0 aliphatic carbocycles. The fraction of sp³-hybridized carbons (Fsp3) is 0.357. The Balaban J connectivity index is 2.07. The van der Waals surface area contributed by atoms with Gasteiger partial charge in [0.05, 0.1) is 11.9 Å². The van der Waals surface area contributed by atoms with Crippen LogP contribution in [0.4, 0.5) is 5.69 Å². The first-order valence-corrected chi connectivity index (χ1v) is 6.32. The van der Waals surface area contributed by atoms with Crippen molar-refractivity contribution >= 4 is 11.6 Å². The monoisotopic (exact) mass is 258 g/mol. The normalized spacial score (nSPS) is 10.7. The van der Waals surface area contributed by atoms with Crippen LogP contribution in [0, 0.1) is 12.8 Å². The Morgan fingerprint density at radius 3 is 2.68 bits per heavy atom. The Morgan fingerprint density at radius 1 is 1.37 bits per heavy atom. The molecule has 2 rings (SSSR count). The molecule has 0 spiro atoms. The van der Waals surface area contributed by atoms with E-state index in [4.69, 9.17) is 0 Å². The highest BCUT2D eigenvalue weighted by molar-refractivity contribution is 5.90. The minimum absolute atomic E-state index is 0.0170. The van der Waals surface area contributed by atoms with E-state index in [1.807, 2.05) is 43.7 Å². The standard InChI is InChI=1S/C14H18N4O/c1-10(2)8-14(19)17-12-4-5-13(16-9-12)18-7-6-15-11(18)3/h4-7,9-10H,8H2,1-3H3,(H,17,19). The number of imidazole rings is 1. The summed E-state index contributed by atoms with van der Waals surface area (Å²) in [5.41, 5.74) is 0.715. The van der Waals surface area contributed by atoms with Gasteiger partial charge in [-0.05, 0) is 25.0 Å². The van der Waals surface area contributed by atoms with Crippen molar-refractivity contribution in [3.8, 4) is 5.82 Å². The van der Waals surface area contributed by atoms with Gasteiger partial charge in [-0.25, -0.2) is 9.97 Å². The third kappa shape index (κ3) is 3.40. The van der Waals surface area contributed by atoms with E-state index in [0.29, 0.717) is 18.0 Å². The van der Waals surface area contributed by atoms with Gasteiger partial charge in [-0.1, -0.05) is 13.8 Å². The third-order valence-corrected chi connectivity index (χ3v) is 2.70. The molecule has 0 saturated heterocycles. The zero-order valence-corrected chi connectivity index (χ0v) is 11.4. The predicted molar refractivity (Wildman–Crippen MR) is 74.2 cm³/mol. The van der Waals surface area contributed by atoms with Crippen LogP contribution in [0.2, 0.25) is 0 Å². The number of anilines is 1. The molecular formula is C14H18N4O. The van der Waals surface area contributed by atoms with Crippen molar-refractivity contribution in [3.05, 3.63) is 36.5 Å². The maximum atomic E-state index is 11.6. The smallest absolute Gasteiger partial charge is 0.224 e. The van der Waals surface area contributed by atoms with Gasteiger partial charge in [-0.3, -0.25) is 9.36 Å². The Morgan fingerprint density at radius 2 is 2.16 bits per heavy atom. The molecule has 2 heterocycles. The van der Waals surface area contributed by atoms with Gasteiger partial charge in [0.25, 0.3) is 0 Å². The van der Waals surface area contributed by atoms with E-state index in [1.54, 1.807) is 12.4 Å². The molecule has 2 aromatic heterocycles. The topological polar surface area (TPSA) is 59.8 Å². The molecule has 0 saturated carbocycles. The number of aromatic nitrogens is 3. The summed E-state index contributed by atoms with van der Waals surface area (Å²) in [6.07, 6.45) is 5.76. The molecule has 5 heteroatoms. The Bertz CT molecular complexity index is 557. The van der Waals surface area contributed by atoms with E-state index in [2.05, 4.69) is 15.3 Å². The van der Waals surface area contributed by atoms with Crippen LogP contribution in [-0.2, 0) is 4.79 Å². The quantitative estimate of drug-likeness (QED) is 0.916. The van der Waals surface area contributed by atoms with E-state index >= 15 is 0 Å². The summed E-state index contributed by atoms with van der Waals surface area (Å²) in [6, 6.07) is 3.71. The first-order valence-electron chi connectivity index (χ1n) is 6.32. The van der Waals surface area contributed by atoms with Crippen molar-refractivity contribution in [3.63, 3.8) is 0 Å². The minimum Gasteiger partial charge on any atom is -0.325 e. The van der Waals surface area contributed by atoms with Crippen molar-refractivity contribution in [1.29, 1.82) is 0 Å². The number of aryl methyl sites for hydroxylation is 1. The maximum Gasteiger partial charge on any atom is 0.224 e. The lowest BCUT2D eigenvalue weighted by molar-refractivity contribution is -0.116. The molecule has 0 aliphatic heterocycles. The summed E-state index contributed by atoms with van der Waals surface area (Å²) >= 11 is 0. The second-order valence-electron chi connectivity index (χ2n) is 4.90. The molecule has 0 aliphatic rings. The van der Waals surface area contributed by atoms with Gasteiger partial charge >= 0.3 is 0 Å². The highest BCUT2D eigenvalue weighted by atomic mass is 16.1. The summed E-state index contributed by atoms with van der Waals surface area (Å²) < 4.78 is 1.89. The number of amides is 1. The second kappa shape index (κ2) is 5.65. The van der Waals surface area contributed by atoms with Gasteiger partial charge in [0.1, 0.15) is 11.6 Å². The van der Waals surface area contributed by atoms with Crippen molar-refractivity contribution in [2.24, 2.45) is 5.92 Å².